The van der Waals surface area contributed by atoms with Crippen molar-refractivity contribution in [3.05, 3.63) is 83.7 Å². The molecular weight excluding hydrogens is 549 g/mol. The van der Waals surface area contributed by atoms with E-state index in [9.17, 15) is 22.4 Å². The SMILES string of the molecule is CCCNC(=O)[C@H](C)N(Cc1ccccc1F)C(=O)CN(c1ccc(C)cc1)S(=O)(=O)c1ccc(OC)c(OC)c1. The molecule has 0 spiro atoms. The summed E-state index contributed by atoms with van der Waals surface area (Å²) >= 11 is 0. The predicted molar refractivity (Wildman–Crippen MR) is 155 cm³/mol. The quantitative estimate of drug-likeness (QED) is 0.321. The molecule has 1 N–H and O–H groups in total. The molecule has 0 saturated heterocycles. The lowest BCUT2D eigenvalue weighted by molar-refractivity contribution is -0.139. The molecule has 220 valence electrons. The van der Waals surface area contributed by atoms with Crippen molar-refractivity contribution in [1.29, 1.82) is 0 Å². The summed E-state index contributed by atoms with van der Waals surface area (Å²) in [6, 6.07) is 15.7. The summed E-state index contributed by atoms with van der Waals surface area (Å²) < 4.78 is 54.2. The summed E-state index contributed by atoms with van der Waals surface area (Å²) in [6.45, 7) is 4.81. The fourth-order valence-electron chi connectivity index (χ4n) is 4.13. The molecule has 0 saturated carbocycles. The highest BCUT2D eigenvalue weighted by molar-refractivity contribution is 7.92. The van der Waals surface area contributed by atoms with E-state index in [1.807, 2.05) is 13.8 Å². The third-order valence-corrected chi connectivity index (χ3v) is 8.33. The molecule has 41 heavy (non-hydrogen) atoms. The first-order chi connectivity index (χ1) is 19.5. The molecule has 1 atom stereocenters. The average Bonchev–Trinajstić information content (AvgIpc) is 2.97. The maximum absolute atomic E-state index is 14.6. The Morgan fingerprint density at radius 1 is 0.976 bits per heavy atom. The first-order valence-corrected chi connectivity index (χ1v) is 14.6. The Morgan fingerprint density at radius 3 is 2.24 bits per heavy atom. The second-order valence-corrected chi connectivity index (χ2v) is 11.3. The second-order valence-electron chi connectivity index (χ2n) is 9.44. The molecule has 0 heterocycles. The number of benzene rings is 3. The molecule has 0 aliphatic rings. The number of halogens is 1. The minimum Gasteiger partial charge on any atom is -0.493 e. The van der Waals surface area contributed by atoms with Crippen LogP contribution in [-0.2, 0) is 26.2 Å². The number of aryl methyl sites for hydroxylation is 1. The first kappa shape index (κ1) is 31.4. The number of nitrogens with one attached hydrogen (secondary N) is 1. The fourth-order valence-corrected chi connectivity index (χ4v) is 5.56. The highest BCUT2D eigenvalue weighted by atomic mass is 32.2. The molecule has 2 amide bonds. The van der Waals surface area contributed by atoms with Gasteiger partial charge in [0.2, 0.25) is 11.8 Å². The van der Waals surface area contributed by atoms with Gasteiger partial charge in [0.05, 0.1) is 24.8 Å². The maximum Gasteiger partial charge on any atom is 0.264 e. The van der Waals surface area contributed by atoms with Gasteiger partial charge in [0.1, 0.15) is 18.4 Å². The average molecular weight is 586 g/mol. The Labute approximate surface area is 240 Å². The summed E-state index contributed by atoms with van der Waals surface area (Å²) in [5.41, 5.74) is 1.33. The van der Waals surface area contributed by atoms with E-state index in [-0.39, 0.29) is 28.4 Å². The molecule has 11 heteroatoms. The number of ether oxygens (including phenoxy) is 2. The van der Waals surface area contributed by atoms with Crippen LogP contribution in [0.25, 0.3) is 0 Å². The number of methoxy groups -OCH3 is 2. The van der Waals surface area contributed by atoms with E-state index in [1.165, 1.54) is 62.4 Å². The van der Waals surface area contributed by atoms with Gasteiger partial charge in [-0.05, 0) is 50.6 Å². The minimum atomic E-state index is -4.32. The van der Waals surface area contributed by atoms with Crippen molar-refractivity contribution in [3.63, 3.8) is 0 Å². The maximum atomic E-state index is 14.6. The van der Waals surface area contributed by atoms with Crippen molar-refractivity contribution in [1.82, 2.24) is 10.2 Å². The van der Waals surface area contributed by atoms with Crippen LogP contribution in [0.4, 0.5) is 10.1 Å². The Morgan fingerprint density at radius 2 is 1.63 bits per heavy atom. The number of amides is 2. The molecule has 0 aliphatic carbocycles. The Bertz CT molecular complexity index is 1460. The number of sulfonamides is 1. The van der Waals surface area contributed by atoms with E-state index in [4.69, 9.17) is 9.47 Å². The molecule has 0 aromatic heterocycles. The molecule has 0 radical (unpaired) electrons. The fraction of sp³-hybridized carbons (Fsp3) is 0.333. The summed E-state index contributed by atoms with van der Waals surface area (Å²) in [4.78, 5) is 27.9. The number of hydrogen-bond acceptors (Lipinski definition) is 6. The number of nitrogens with zero attached hydrogens (tertiary/aromatic N) is 2. The lowest BCUT2D eigenvalue weighted by Crippen LogP contribution is -2.51. The van der Waals surface area contributed by atoms with E-state index in [0.29, 0.717) is 18.7 Å². The Balaban J connectivity index is 2.07. The second kappa shape index (κ2) is 14.0. The van der Waals surface area contributed by atoms with Crippen molar-refractivity contribution in [3.8, 4) is 11.5 Å². The van der Waals surface area contributed by atoms with Crippen LogP contribution in [0.15, 0.2) is 71.6 Å². The van der Waals surface area contributed by atoms with Gasteiger partial charge in [-0.3, -0.25) is 13.9 Å². The molecule has 3 aromatic rings. The van der Waals surface area contributed by atoms with E-state index < -0.39 is 40.2 Å². The van der Waals surface area contributed by atoms with Gasteiger partial charge in [0, 0.05) is 24.7 Å². The normalized spacial score (nSPS) is 11.9. The van der Waals surface area contributed by atoms with Crippen LogP contribution >= 0.6 is 0 Å². The molecular formula is C30H36FN3O6S. The van der Waals surface area contributed by atoms with Gasteiger partial charge >= 0.3 is 0 Å². The molecule has 9 nitrogen and oxygen atoms in total. The monoisotopic (exact) mass is 585 g/mol. The molecule has 3 rings (SSSR count). The van der Waals surface area contributed by atoms with Crippen molar-refractivity contribution in [2.24, 2.45) is 0 Å². The largest absolute Gasteiger partial charge is 0.493 e. The van der Waals surface area contributed by atoms with Crippen molar-refractivity contribution in [2.75, 3.05) is 31.6 Å². The van der Waals surface area contributed by atoms with Crippen LogP contribution < -0.4 is 19.1 Å². The van der Waals surface area contributed by atoms with Crippen LogP contribution in [-0.4, -0.2) is 58.5 Å². The highest BCUT2D eigenvalue weighted by Crippen LogP contribution is 2.32. The van der Waals surface area contributed by atoms with Crippen LogP contribution in [0, 0.1) is 12.7 Å². The van der Waals surface area contributed by atoms with Gasteiger partial charge in [-0.15, -0.1) is 0 Å². The summed E-state index contributed by atoms with van der Waals surface area (Å²) in [7, 11) is -1.49. The summed E-state index contributed by atoms with van der Waals surface area (Å²) in [5, 5.41) is 2.75. The lowest BCUT2D eigenvalue weighted by Gasteiger charge is -2.32. The first-order valence-electron chi connectivity index (χ1n) is 13.2. The smallest absolute Gasteiger partial charge is 0.264 e. The Hall–Kier alpha value is -4.12. The number of carbonyl (C=O) groups excluding carboxylic acids is 2. The Kier molecular flexibility index (Phi) is 10.7. The zero-order chi connectivity index (χ0) is 30.2. The van der Waals surface area contributed by atoms with Gasteiger partial charge in [-0.2, -0.15) is 0 Å². The topological polar surface area (TPSA) is 105 Å². The van der Waals surface area contributed by atoms with Crippen molar-refractivity contribution >= 4 is 27.5 Å². The molecule has 0 aliphatic heterocycles. The standard InChI is InChI=1S/C30H36FN3O6S/c1-6-17-32-30(36)22(3)33(19-23-9-7-8-10-26(23)31)29(35)20-34(24-13-11-21(2)12-14-24)41(37,38)25-15-16-27(39-4)28(18-25)40-5/h7-16,18,22H,6,17,19-20H2,1-5H3,(H,32,36)/t22-/m0/s1. The van der Waals surface area contributed by atoms with Gasteiger partial charge in [0.25, 0.3) is 10.0 Å². The van der Waals surface area contributed by atoms with Gasteiger partial charge in [0.15, 0.2) is 11.5 Å². The zero-order valence-electron chi connectivity index (χ0n) is 23.9. The van der Waals surface area contributed by atoms with Gasteiger partial charge in [-0.1, -0.05) is 42.8 Å². The minimum absolute atomic E-state index is 0.127. The number of rotatable bonds is 13. The van der Waals surface area contributed by atoms with E-state index in [0.717, 1.165) is 9.87 Å². The van der Waals surface area contributed by atoms with Crippen LogP contribution in [0.3, 0.4) is 0 Å². The molecule has 3 aromatic carbocycles. The van der Waals surface area contributed by atoms with Gasteiger partial charge in [-0.25, -0.2) is 12.8 Å². The van der Waals surface area contributed by atoms with Crippen LogP contribution in [0.2, 0.25) is 0 Å². The number of carbonyl (C=O) groups is 2. The van der Waals surface area contributed by atoms with Crippen LogP contribution in [0.5, 0.6) is 11.5 Å². The zero-order valence-corrected chi connectivity index (χ0v) is 24.7. The third-order valence-electron chi connectivity index (χ3n) is 6.56. The molecule has 0 bridgehead atoms. The van der Waals surface area contributed by atoms with Gasteiger partial charge < -0.3 is 19.7 Å². The number of anilines is 1. The molecule has 0 unspecified atom stereocenters. The lowest BCUT2D eigenvalue weighted by atomic mass is 10.1. The van der Waals surface area contributed by atoms with E-state index in [2.05, 4.69) is 5.32 Å². The van der Waals surface area contributed by atoms with Crippen molar-refractivity contribution in [2.45, 2.75) is 44.7 Å². The van der Waals surface area contributed by atoms with E-state index in [1.54, 1.807) is 30.3 Å². The van der Waals surface area contributed by atoms with Crippen LogP contribution in [0.1, 0.15) is 31.4 Å². The van der Waals surface area contributed by atoms with E-state index >= 15 is 0 Å². The predicted octanol–water partition coefficient (Wildman–Crippen LogP) is 4.29. The summed E-state index contributed by atoms with van der Waals surface area (Å²) in [5.74, 6) is -1.11. The van der Waals surface area contributed by atoms with Crippen molar-refractivity contribution < 1.29 is 31.9 Å². The number of hydrogen-bond donors (Lipinski definition) is 1. The third kappa shape index (κ3) is 7.55. The summed E-state index contributed by atoms with van der Waals surface area (Å²) in [6.07, 6.45) is 0.685. The highest BCUT2D eigenvalue weighted by Gasteiger charge is 2.33. The molecule has 0 fully saturated rings.